The van der Waals surface area contributed by atoms with Crippen LogP contribution in [0.5, 0.6) is 0 Å². The first kappa shape index (κ1) is 13.6. The number of amides is 1. The maximum atomic E-state index is 12.1. The number of halogens is 4. The molecule has 0 fully saturated rings. The van der Waals surface area contributed by atoms with Gasteiger partial charge in [0.15, 0.2) is 0 Å². The van der Waals surface area contributed by atoms with Crippen LogP contribution in [0.3, 0.4) is 0 Å². The fourth-order valence-corrected chi connectivity index (χ4v) is 1.35. The standard InChI is InChI=1S/C9H9ClF3N3O/c1-16(4-9(11,12)13)8(17)5-2-7(14)15-3-6(5)10/h2-3H,4H2,1H3,(H2,14,15). The highest BCUT2D eigenvalue weighted by Gasteiger charge is 2.32. The molecule has 1 aromatic rings. The predicted octanol–water partition coefficient (Wildman–Crippen LogP) is 1.95. The van der Waals surface area contributed by atoms with Crippen LogP contribution in [0.1, 0.15) is 10.4 Å². The molecule has 0 saturated heterocycles. The highest BCUT2D eigenvalue weighted by molar-refractivity contribution is 6.33. The Bertz CT molecular complexity index is 436. The van der Waals surface area contributed by atoms with Crippen LogP contribution in [-0.4, -0.2) is 35.6 Å². The molecule has 0 unspecified atom stereocenters. The Labute approximate surface area is 100 Å². The molecule has 4 nitrogen and oxygen atoms in total. The minimum absolute atomic E-state index is 0.0122. The Hall–Kier alpha value is -1.50. The molecular formula is C9H9ClF3N3O. The Morgan fingerprint density at radius 2 is 2.18 bits per heavy atom. The van der Waals surface area contributed by atoms with Crippen molar-refractivity contribution in [3.63, 3.8) is 0 Å². The van der Waals surface area contributed by atoms with Gasteiger partial charge >= 0.3 is 6.18 Å². The Morgan fingerprint density at radius 1 is 1.59 bits per heavy atom. The summed E-state index contributed by atoms with van der Waals surface area (Å²) in [5.74, 6) is -0.848. The summed E-state index contributed by atoms with van der Waals surface area (Å²) < 4.78 is 36.3. The van der Waals surface area contributed by atoms with Gasteiger partial charge in [-0.3, -0.25) is 4.79 Å². The van der Waals surface area contributed by atoms with Crippen molar-refractivity contribution in [2.75, 3.05) is 19.3 Å². The van der Waals surface area contributed by atoms with Crippen molar-refractivity contribution in [2.45, 2.75) is 6.18 Å². The first-order chi connectivity index (χ1) is 7.70. The van der Waals surface area contributed by atoms with Gasteiger partial charge < -0.3 is 10.6 Å². The zero-order valence-electron chi connectivity index (χ0n) is 8.75. The van der Waals surface area contributed by atoms with Crippen molar-refractivity contribution in [3.8, 4) is 0 Å². The maximum absolute atomic E-state index is 12.1. The number of carbonyl (C=O) groups is 1. The van der Waals surface area contributed by atoms with E-state index in [0.717, 1.165) is 19.3 Å². The van der Waals surface area contributed by atoms with Crippen LogP contribution in [0.15, 0.2) is 12.3 Å². The van der Waals surface area contributed by atoms with Crippen LogP contribution in [-0.2, 0) is 0 Å². The van der Waals surface area contributed by atoms with E-state index in [2.05, 4.69) is 4.98 Å². The topological polar surface area (TPSA) is 59.2 Å². The number of carbonyl (C=O) groups excluding carboxylic acids is 1. The van der Waals surface area contributed by atoms with Crippen molar-refractivity contribution in [2.24, 2.45) is 0 Å². The summed E-state index contributed by atoms with van der Waals surface area (Å²) in [6.07, 6.45) is -3.35. The molecule has 17 heavy (non-hydrogen) atoms. The minimum Gasteiger partial charge on any atom is -0.384 e. The number of aromatic nitrogens is 1. The molecule has 8 heteroatoms. The van der Waals surface area contributed by atoms with Gasteiger partial charge in [-0.2, -0.15) is 13.2 Å². The molecule has 0 saturated carbocycles. The van der Waals surface area contributed by atoms with Gasteiger partial charge in [-0.25, -0.2) is 4.98 Å². The minimum atomic E-state index is -4.46. The lowest BCUT2D eigenvalue weighted by Gasteiger charge is -2.19. The van der Waals surface area contributed by atoms with E-state index in [4.69, 9.17) is 17.3 Å². The molecule has 0 radical (unpaired) electrons. The van der Waals surface area contributed by atoms with E-state index in [1.807, 2.05) is 0 Å². The molecule has 1 heterocycles. The van der Waals surface area contributed by atoms with Crippen LogP contribution < -0.4 is 5.73 Å². The monoisotopic (exact) mass is 267 g/mol. The number of pyridine rings is 1. The smallest absolute Gasteiger partial charge is 0.384 e. The summed E-state index contributed by atoms with van der Waals surface area (Å²) in [6.45, 7) is -1.36. The first-order valence-corrected chi connectivity index (χ1v) is 4.82. The van der Waals surface area contributed by atoms with Crippen LogP contribution in [0, 0.1) is 0 Å². The molecule has 1 aromatic heterocycles. The third-order valence-electron chi connectivity index (χ3n) is 1.87. The molecule has 0 bridgehead atoms. The second-order valence-corrected chi connectivity index (χ2v) is 3.77. The number of nitrogens with two attached hydrogens (primary N) is 1. The molecule has 94 valence electrons. The molecule has 0 spiro atoms. The lowest BCUT2D eigenvalue weighted by Crippen LogP contribution is -2.36. The lowest BCUT2D eigenvalue weighted by molar-refractivity contribution is -0.138. The summed E-state index contributed by atoms with van der Waals surface area (Å²) in [4.78, 5) is 15.8. The molecule has 1 amide bonds. The van der Waals surface area contributed by atoms with Gasteiger partial charge in [-0.1, -0.05) is 11.6 Å². The molecule has 0 aromatic carbocycles. The Kier molecular flexibility index (Phi) is 3.82. The van der Waals surface area contributed by atoms with Gasteiger partial charge in [0.2, 0.25) is 0 Å². The average Bonchev–Trinajstić information content (AvgIpc) is 2.18. The third-order valence-corrected chi connectivity index (χ3v) is 2.17. The van der Waals surface area contributed by atoms with Crippen molar-refractivity contribution < 1.29 is 18.0 Å². The zero-order chi connectivity index (χ0) is 13.2. The molecular weight excluding hydrogens is 259 g/mol. The van der Waals surface area contributed by atoms with Crippen LogP contribution in [0.25, 0.3) is 0 Å². The second-order valence-electron chi connectivity index (χ2n) is 3.37. The SMILES string of the molecule is CN(CC(F)(F)F)C(=O)c1cc(N)ncc1Cl. The molecule has 1 rings (SSSR count). The fourth-order valence-electron chi connectivity index (χ4n) is 1.17. The van der Waals surface area contributed by atoms with Gasteiger partial charge in [-0.15, -0.1) is 0 Å². The number of anilines is 1. The van der Waals surface area contributed by atoms with Crippen molar-refractivity contribution in [1.29, 1.82) is 0 Å². The normalized spacial score (nSPS) is 11.4. The predicted molar refractivity (Wildman–Crippen MR) is 56.7 cm³/mol. The molecule has 0 aliphatic heterocycles. The van der Waals surface area contributed by atoms with Gasteiger partial charge in [-0.05, 0) is 6.07 Å². The van der Waals surface area contributed by atoms with E-state index in [9.17, 15) is 18.0 Å². The van der Waals surface area contributed by atoms with Crippen molar-refractivity contribution >= 4 is 23.3 Å². The van der Waals surface area contributed by atoms with Crippen LogP contribution in [0.4, 0.5) is 19.0 Å². The molecule has 2 N–H and O–H groups in total. The van der Waals surface area contributed by atoms with E-state index in [1.165, 1.54) is 0 Å². The number of nitrogen functional groups attached to an aromatic ring is 1. The molecule has 0 aliphatic rings. The van der Waals surface area contributed by atoms with Gasteiger partial charge in [0.05, 0.1) is 10.6 Å². The highest BCUT2D eigenvalue weighted by Crippen LogP contribution is 2.21. The van der Waals surface area contributed by atoms with Gasteiger partial charge in [0.1, 0.15) is 12.4 Å². The number of alkyl halides is 3. The van der Waals surface area contributed by atoms with Crippen LogP contribution in [0.2, 0.25) is 5.02 Å². The highest BCUT2D eigenvalue weighted by atomic mass is 35.5. The summed E-state index contributed by atoms with van der Waals surface area (Å²) in [5.41, 5.74) is 5.22. The zero-order valence-corrected chi connectivity index (χ0v) is 9.51. The lowest BCUT2D eigenvalue weighted by atomic mass is 10.2. The first-order valence-electron chi connectivity index (χ1n) is 4.44. The number of hydrogen-bond acceptors (Lipinski definition) is 3. The summed E-state index contributed by atoms with van der Waals surface area (Å²) in [7, 11) is 1.03. The second kappa shape index (κ2) is 4.79. The van der Waals surface area contributed by atoms with E-state index < -0.39 is 18.6 Å². The Balaban J connectivity index is 2.93. The van der Waals surface area contributed by atoms with Crippen molar-refractivity contribution in [3.05, 3.63) is 22.8 Å². The Morgan fingerprint density at radius 3 is 2.71 bits per heavy atom. The third kappa shape index (κ3) is 3.77. The van der Waals surface area contributed by atoms with Gasteiger partial charge in [0.25, 0.3) is 5.91 Å². The largest absolute Gasteiger partial charge is 0.406 e. The van der Waals surface area contributed by atoms with E-state index >= 15 is 0 Å². The molecule has 0 aliphatic carbocycles. The number of hydrogen-bond donors (Lipinski definition) is 1. The number of rotatable bonds is 2. The van der Waals surface area contributed by atoms with Gasteiger partial charge in [0, 0.05) is 13.2 Å². The van der Waals surface area contributed by atoms with E-state index in [1.54, 1.807) is 0 Å². The van der Waals surface area contributed by atoms with E-state index in [-0.39, 0.29) is 16.4 Å². The quantitative estimate of drug-likeness (QED) is 0.891. The molecule has 0 atom stereocenters. The fraction of sp³-hybridized carbons (Fsp3) is 0.333. The summed E-state index contributed by atoms with van der Waals surface area (Å²) in [6, 6.07) is 1.14. The van der Waals surface area contributed by atoms with E-state index in [0.29, 0.717) is 4.90 Å². The number of nitrogens with zero attached hydrogens (tertiary/aromatic N) is 2. The van der Waals surface area contributed by atoms with Crippen LogP contribution >= 0.6 is 11.6 Å². The average molecular weight is 268 g/mol. The summed E-state index contributed by atoms with van der Waals surface area (Å²) >= 11 is 5.66. The summed E-state index contributed by atoms with van der Waals surface area (Å²) in [5, 5.41) is -0.0433. The maximum Gasteiger partial charge on any atom is 0.406 e. The van der Waals surface area contributed by atoms with Crippen molar-refractivity contribution in [1.82, 2.24) is 9.88 Å².